The van der Waals surface area contributed by atoms with Crippen LogP contribution in [-0.4, -0.2) is 39.5 Å². The number of fused-ring (bicyclic) bond motifs is 1. The van der Waals surface area contributed by atoms with E-state index in [9.17, 15) is 13.2 Å². The molecule has 0 unspecified atom stereocenters. The van der Waals surface area contributed by atoms with E-state index >= 15 is 0 Å². The topological polar surface area (TPSA) is 122 Å². The first-order valence-electron chi connectivity index (χ1n) is 9.09. The van der Waals surface area contributed by atoms with Crippen molar-refractivity contribution in [1.29, 1.82) is 0 Å². The van der Waals surface area contributed by atoms with Crippen LogP contribution in [0.25, 0.3) is 11.0 Å². The molecule has 0 aliphatic rings. The molecule has 1 aromatic carbocycles. The van der Waals surface area contributed by atoms with Crippen molar-refractivity contribution in [3.8, 4) is 0 Å². The summed E-state index contributed by atoms with van der Waals surface area (Å²) in [4.78, 5) is 19.5. The molecule has 2 heterocycles. The van der Waals surface area contributed by atoms with Crippen LogP contribution in [0.3, 0.4) is 0 Å². The van der Waals surface area contributed by atoms with Gasteiger partial charge in [0.1, 0.15) is 5.52 Å². The van der Waals surface area contributed by atoms with Crippen LogP contribution in [0.2, 0.25) is 10.0 Å². The number of nitrogens with zero attached hydrogens (tertiary/aromatic N) is 3. The fraction of sp³-hybridized carbons (Fsp3) is 0.389. The minimum atomic E-state index is -3.53. The molecule has 0 spiro atoms. The molecule has 0 bridgehead atoms. The van der Waals surface area contributed by atoms with Gasteiger partial charge in [0.05, 0.1) is 28.5 Å². The lowest BCUT2D eigenvalue weighted by Gasteiger charge is -2.20. The third-order valence-corrected chi connectivity index (χ3v) is 6.36. The summed E-state index contributed by atoms with van der Waals surface area (Å²) in [5.74, 6) is 0.0535. The zero-order valence-electron chi connectivity index (χ0n) is 16.7. The molecule has 0 aliphatic heterocycles. The van der Waals surface area contributed by atoms with E-state index in [1.165, 1.54) is 10.9 Å². The van der Waals surface area contributed by atoms with Crippen LogP contribution in [0.1, 0.15) is 26.3 Å². The summed E-state index contributed by atoms with van der Waals surface area (Å²) in [5, 5.41) is 8.03. The minimum Gasteiger partial charge on any atom is -0.352 e. The highest BCUT2D eigenvalue weighted by molar-refractivity contribution is 7.89. The van der Waals surface area contributed by atoms with E-state index < -0.39 is 21.1 Å². The number of benzene rings is 1. The number of rotatable bonds is 7. The predicted molar refractivity (Wildman–Crippen MR) is 119 cm³/mol. The number of nitrogens with one attached hydrogen (secondary N) is 3. The van der Waals surface area contributed by atoms with Crippen LogP contribution in [0.4, 0.5) is 5.95 Å². The molecule has 0 saturated heterocycles. The number of aromatic nitrogens is 4. The van der Waals surface area contributed by atoms with Gasteiger partial charge in [-0.15, -0.1) is 0 Å². The average molecular weight is 473 g/mol. The quantitative estimate of drug-likeness (QED) is 0.485. The van der Waals surface area contributed by atoms with E-state index in [1.807, 2.05) is 6.07 Å². The molecule has 0 radical (unpaired) electrons. The van der Waals surface area contributed by atoms with Crippen LogP contribution < -0.4 is 15.6 Å². The summed E-state index contributed by atoms with van der Waals surface area (Å²) in [7, 11) is -3.53. The smallest absolute Gasteiger partial charge is 0.278 e. The largest absolute Gasteiger partial charge is 0.352 e. The molecule has 9 nitrogen and oxygen atoms in total. The molecule has 3 N–H and O–H groups in total. The lowest BCUT2D eigenvalue weighted by Crippen LogP contribution is -2.42. The van der Waals surface area contributed by atoms with Crippen LogP contribution in [0, 0.1) is 0 Å². The fourth-order valence-electron chi connectivity index (χ4n) is 2.82. The zero-order chi connectivity index (χ0) is 22.1. The highest BCUT2D eigenvalue weighted by Gasteiger charge is 2.20. The molecule has 30 heavy (non-hydrogen) atoms. The number of anilines is 1. The SMILES string of the molecule is CC(C)(C)NS(=O)(=O)CCn1ncc2nc(NCc3ccc(Cl)c(Cl)c3)[nH]c(=O)c21. The maximum Gasteiger partial charge on any atom is 0.278 e. The lowest BCUT2D eigenvalue weighted by atomic mass is 10.1. The maximum atomic E-state index is 12.5. The molecule has 0 atom stereocenters. The van der Waals surface area contributed by atoms with Gasteiger partial charge >= 0.3 is 0 Å². The van der Waals surface area contributed by atoms with Gasteiger partial charge in [0.25, 0.3) is 5.56 Å². The van der Waals surface area contributed by atoms with Crippen molar-refractivity contribution in [2.24, 2.45) is 0 Å². The lowest BCUT2D eigenvalue weighted by molar-refractivity contribution is 0.488. The Morgan fingerprint density at radius 1 is 1.20 bits per heavy atom. The van der Waals surface area contributed by atoms with Gasteiger partial charge in [-0.1, -0.05) is 29.3 Å². The van der Waals surface area contributed by atoms with E-state index in [-0.39, 0.29) is 23.8 Å². The summed E-state index contributed by atoms with van der Waals surface area (Å²) < 4.78 is 28.3. The standard InChI is InChI=1S/C18H22Cl2N6O3S/c1-18(2,3)25-30(28,29)7-6-26-15-14(10-22-26)23-17(24-16(15)27)21-9-11-4-5-12(19)13(20)8-11/h4-5,8,10,25H,6-7,9H2,1-3H3,(H2,21,23,24,27). The highest BCUT2D eigenvalue weighted by atomic mass is 35.5. The number of H-pyrrole nitrogens is 1. The van der Waals surface area contributed by atoms with Gasteiger partial charge in [0.2, 0.25) is 16.0 Å². The Morgan fingerprint density at radius 3 is 2.60 bits per heavy atom. The van der Waals surface area contributed by atoms with E-state index in [0.717, 1.165) is 5.56 Å². The van der Waals surface area contributed by atoms with Crippen molar-refractivity contribution in [3.63, 3.8) is 0 Å². The number of hydrogen-bond donors (Lipinski definition) is 3. The second-order valence-electron chi connectivity index (χ2n) is 7.79. The summed E-state index contributed by atoms with van der Waals surface area (Å²) in [5.41, 5.74) is 0.422. The van der Waals surface area contributed by atoms with Gasteiger partial charge in [-0.2, -0.15) is 5.10 Å². The Bertz CT molecular complexity index is 1230. The highest BCUT2D eigenvalue weighted by Crippen LogP contribution is 2.22. The van der Waals surface area contributed by atoms with Gasteiger partial charge < -0.3 is 5.32 Å². The van der Waals surface area contributed by atoms with Crippen molar-refractivity contribution in [2.75, 3.05) is 11.1 Å². The summed E-state index contributed by atoms with van der Waals surface area (Å²) in [6.45, 7) is 5.67. The van der Waals surface area contributed by atoms with Crippen LogP contribution in [-0.2, 0) is 23.1 Å². The van der Waals surface area contributed by atoms with Gasteiger partial charge in [0, 0.05) is 12.1 Å². The second kappa shape index (κ2) is 8.54. The molecule has 0 amide bonds. The first-order valence-corrected chi connectivity index (χ1v) is 11.5. The Labute approximate surface area is 183 Å². The Kier molecular flexibility index (Phi) is 6.42. The second-order valence-corrected chi connectivity index (χ2v) is 10.4. The van der Waals surface area contributed by atoms with Gasteiger partial charge in [-0.05, 0) is 38.5 Å². The summed E-state index contributed by atoms with van der Waals surface area (Å²) >= 11 is 11.9. The normalized spacial score (nSPS) is 12.4. The maximum absolute atomic E-state index is 12.5. The monoisotopic (exact) mass is 472 g/mol. The first-order chi connectivity index (χ1) is 13.9. The van der Waals surface area contributed by atoms with Crippen LogP contribution in [0.15, 0.2) is 29.2 Å². The van der Waals surface area contributed by atoms with E-state index in [2.05, 4.69) is 25.1 Å². The molecule has 3 rings (SSSR count). The van der Waals surface area contributed by atoms with Crippen LogP contribution >= 0.6 is 23.2 Å². The molecule has 0 aliphatic carbocycles. The van der Waals surface area contributed by atoms with Gasteiger partial charge in [-0.25, -0.2) is 18.1 Å². The fourth-order valence-corrected chi connectivity index (χ4v) is 4.59. The molecule has 12 heteroatoms. The van der Waals surface area contributed by atoms with Crippen LogP contribution in [0.5, 0.6) is 0 Å². The third kappa shape index (κ3) is 5.72. The molecular formula is C18H22Cl2N6O3S. The number of aryl methyl sites for hydroxylation is 1. The third-order valence-electron chi connectivity index (χ3n) is 3.98. The molecule has 2 aromatic heterocycles. The Balaban J connectivity index is 1.75. The number of aromatic amines is 1. The summed E-state index contributed by atoms with van der Waals surface area (Å²) in [6, 6.07) is 5.21. The first kappa shape index (κ1) is 22.5. The van der Waals surface area contributed by atoms with Gasteiger partial charge in [-0.3, -0.25) is 14.5 Å². The van der Waals surface area contributed by atoms with Crippen molar-refractivity contribution >= 4 is 50.2 Å². The van der Waals surface area contributed by atoms with Crippen molar-refractivity contribution in [1.82, 2.24) is 24.5 Å². The van der Waals surface area contributed by atoms with Crippen molar-refractivity contribution in [3.05, 3.63) is 50.4 Å². The average Bonchev–Trinajstić information content (AvgIpc) is 3.03. The van der Waals surface area contributed by atoms with E-state index in [4.69, 9.17) is 23.2 Å². The minimum absolute atomic E-state index is 0.0235. The van der Waals surface area contributed by atoms with E-state index in [0.29, 0.717) is 22.1 Å². The molecule has 3 aromatic rings. The predicted octanol–water partition coefficient (Wildman–Crippen LogP) is 2.76. The van der Waals surface area contributed by atoms with E-state index in [1.54, 1.807) is 32.9 Å². The van der Waals surface area contributed by atoms with Gasteiger partial charge in [0.15, 0.2) is 5.52 Å². The molecular weight excluding hydrogens is 451 g/mol. The zero-order valence-corrected chi connectivity index (χ0v) is 19.0. The molecule has 0 saturated carbocycles. The number of halogens is 2. The number of sulfonamides is 1. The Morgan fingerprint density at radius 2 is 1.93 bits per heavy atom. The number of hydrogen-bond acceptors (Lipinski definition) is 6. The molecule has 162 valence electrons. The van der Waals surface area contributed by atoms with Crippen molar-refractivity contribution < 1.29 is 8.42 Å². The van der Waals surface area contributed by atoms with Crippen molar-refractivity contribution in [2.45, 2.75) is 39.4 Å². The summed E-state index contributed by atoms with van der Waals surface area (Å²) in [6.07, 6.45) is 1.43. The molecule has 0 fully saturated rings. The Hall–Kier alpha value is -2.14.